The molecule has 0 spiro atoms. The summed E-state index contributed by atoms with van der Waals surface area (Å²) in [6, 6.07) is 2.35. The minimum atomic E-state index is -0.651. The summed E-state index contributed by atoms with van der Waals surface area (Å²) in [5.41, 5.74) is 0.787. The third-order valence-electron chi connectivity index (χ3n) is 3.43. The van der Waals surface area contributed by atoms with Crippen LogP contribution in [0.15, 0.2) is 18.3 Å². The molecular weight excluding hydrogens is 251 g/mol. The van der Waals surface area contributed by atoms with Crippen molar-refractivity contribution in [3.05, 3.63) is 29.8 Å². The van der Waals surface area contributed by atoms with Crippen molar-refractivity contribution in [2.75, 3.05) is 13.2 Å². The van der Waals surface area contributed by atoms with Crippen molar-refractivity contribution in [3.63, 3.8) is 0 Å². The van der Waals surface area contributed by atoms with E-state index in [1.165, 1.54) is 17.2 Å². The largest absolute Gasteiger partial charge is 0.394 e. The first-order chi connectivity index (χ1) is 9.11. The number of carbonyl (C=O) groups is 1. The number of aliphatic hydroxyl groups excluding tert-OH is 2. The lowest BCUT2D eigenvalue weighted by molar-refractivity contribution is -0.133. The van der Waals surface area contributed by atoms with E-state index in [2.05, 4.69) is 4.98 Å². The molecule has 0 radical (unpaired) electrons. The van der Waals surface area contributed by atoms with Gasteiger partial charge in [-0.2, -0.15) is 4.39 Å². The van der Waals surface area contributed by atoms with Gasteiger partial charge in [0.15, 0.2) is 0 Å². The molecule has 1 aromatic heterocycles. The molecule has 1 saturated heterocycles. The number of halogens is 1. The summed E-state index contributed by atoms with van der Waals surface area (Å²) in [4.78, 5) is 17.1. The molecule has 0 aliphatic carbocycles. The highest BCUT2D eigenvalue weighted by atomic mass is 19.1. The standard InChI is InChI=1S/C13H17FN2O3/c14-12-3-1-9(7-15-12)2-4-13(19)16-6-5-11(18)10(16)8-17/h1,3,7,10-11,17-18H,2,4-6,8H2. The monoisotopic (exact) mass is 268 g/mol. The fourth-order valence-electron chi connectivity index (χ4n) is 2.32. The van der Waals surface area contributed by atoms with E-state index in [1.807, 2.05) is 0 Å². The van der Waals surface area contributed by atoms with Crippen LogP contribution in [-0.4, -0.2) is 51.3 Å². The van der Waals surface area contributed by atoms with E-state index in [-0.39, 0.29) is 18.9 Å². The van der Waals surface area contributed by atoms with Gasteiger partial charge in [0.05, 0.1) is 18.8 Å². The molecule has 2 N–H and O–H groups in total. The number of hydrogen-bond acceptors (Lipinski definition) is 4. The first-order valence-electron chi connectivity index (χ1n) is 6.30. The zero-order valence-electron chi connectivity index (χ0n) is 10.5. The maximum Gasteiger partial charge on any atom is 0.223 e. The molecule has 2 heterocycles. The molecule has 1 aliphatic heterocycles. The van der Waals surface area contributed by atoms with E-state index in [0.717, 1.165) is 5.56 Å². The molecule has 2 unspecified atom stereocenters. The summed E-state index contributed by atoms with van der Waals surface area (Å²) in [6.07, 6.45) is 1.98. The van der Waals surface area contributed by atoms with Gasteiger partial charge in [-0.15, -0.1) is 0 Å². The Hall–Kier alpha value is -1.53. The second-order valence-electron chi connectivity index (χ2n) is 4.68. The van der Waals surface area contributed by atoms with Crippen LogP contribution in [0, 0.1) is 5.95 Å². The van der Waals surface area contributed by atoms with Crippen LogP contribution in [0.1, 0.15) is 18.4 Å². The number of carbonyl (C=O) groups excluding carboxylic acids is 1. The lowest BCUT2D eigenvalue weighted by Crippen LogP contribution is -2.42. The predicted molar refractivity (Wildman–Crippen MR) is 65.7 cm³/mol. The number of likely N-dealkylation sites (tertiary alicyclic amines) is 1. The van der Waals surface area contributed by atoms with E-state index in [4.69, 9.17) is 5.11 Å². The number of rotatable bonds is 4. The Morgan fingerprint density at radius 1 is 1.53 bits per heavy atom. The SMILES string of the molecule is O=C(CCc1ccc(F)nc1)N1CCC(O)C1CO. The van der Waals surface area contributed by atoms with Crippen molar-refractivity contribution in [1.82, 2.24) is 9.88 Å². The molecule has 2 atom stereocenters. The van der Waals surface area contributed by atoms with Crippen molar-refractivity contribution in [2.24, 2.45) is 0 Å². The number of aromatic nitrogens is 1. The Bertz CT molecular complexity index is 438. The molecule has 0 bridgehead atoms. The summed E-state index contributed by atoms with van der Waals surface area (Å²) in [6.45, 7) is 0.234. The second kappa shape index (κ2) is 6.08. The van der Waals surface area contributed by atoms with Gasteiger partial charge in [0, 0.05) is 19.2 Å². The van der Waals surface area contributed by atoms with Crippen LogP contribution >= 0.6 is 0 Å². The van der Waals surface area contributed by atoms with Gasteiger partial charge in [0.1, 0.15) is 0 Å². The summed E-state index contributed by atoms with van der Waals surface area (Å²) in [5, 5.41) is 18.8. The van der Waals surface area contributed by atoms with Gasteiger partial charge in [-0.3, -0.25) is 4.79 Å². The van der Waals surface area contributed by atoms with Crippen LogP contribution < -0.4 is 0 Å². The van der Waals surface area contributed by atoms with Crippen molar-refractivity contribution < 1.29 is 19.4 Å². The second-order valence-corrected chi connectivity index (χ2v) is 4.68. The molecule has 0 aromatic carbocycles. The third-order valence-corrected chi connectivity index (χ3v) is 3.43. The van der Waals surface area contributed by atoms with E-state index < -0.39 is 18.1 Å². The zero-order chi connectivity index (χ0) is 13.8. The summed E-state index contributed by atoms with van der Waals surface area (Å²) in [5.74, 6) is -0.655. The Morgan fingerprint density at radius 2 is 2.32 bits per heavy atom. The topological polar surface area (TPSA) is 73.7 Å². The number of amides is 1. The molecule has 5 nitrogen and oxygen atoms in total. The third kappa shape index (κ3) is 3.27. The van der Waals surface area contributed by atoms with Crippen LogP contribution in [-0.2, 0) is 11.2 Å². The molecule has 1 fully saturated rings. The van der Waals surface area contributed by atoms with Crippen LogP contribution in [0.2, 0.25) is 0 Å². The Labute approximate surface area is 110 Å². The zero-order valence-corrected chi connectivity index (χ0v) is 10.5. The fourth-order valence-corrected chi connectivity index (χ4v) is 2.32. The van der Waals surface area contributed by atoms with Crippen LogP contribution in [0.25, 0.3) is 0 Å². The predicted octanol–water partition coefficient (Wildman–Crippen LogP) is 0.107. The molecule has 0 saturated carbocycles. The van der Waals surface area contributed by atoms with Crippen molar-refractivity contribution in [1.29, 1.82) is 0 Å². The van der Waals surface area contributed by atoms with Gasteiger partial charge in [0.2, 0.25) is 11.9 Å². The molecule has 1 aromatic rings. The molecule has 1 amide bonds. The van der Waals surface area contributed by atoms with Gasteiger partial charge >= 0.3 is 0 Å². The van der Waals surface area contributed by atoms with Crippen LogP contribution in [0.3, 0.4) is 0 Å². The van der Waals surface area contributed by atoms with E-state index in [9.17, 15) is 14.3 Å². The minimum Gasteiger partial charge on any atom is -0.394 e. The molecule has 2 rings (SSSR count). The smallest absolute Gasteiger partial charge is 0.223 e. The van der Waals surface area contributed by atoms with Gasteiger partial charge in [-0.1, -0.05) is 6.07 Å². The molecular formula is C13H17FN2O3. The number of nitrogens with zero attached hydrogens (tertiary/aromatic N) is 2. The maximum atomic E-state index is 12.6. The van der Waals surface area contributed by atoms with E-state index in [0.29, 0.717) is 19.4 Å². The quantitative estimate of drug-likeness (QED) is 0.760. The van der Waals surface area contributed by atoms with Crippen molar-refractivity contribution in [3.8, 4) is 0 Å². The highest BCUT2D eigenvalue weighted by molar-refractivity contribution is 5.77. The van der Waals surface area contributed by atoms with Gasteiger partial charge in [-0.25, -0.2) is 4.98 Å². The highest BCUT2D eigenvalue weighted by Gasteiger charge is 2.34. The number of pyridine rings is 1. The van der Waals surface area contributed by atoms with Gasteiger partial charge < -0.3 is 15.1 Å². The highest BCUT2D eigenvalue weighted by Crippen LogP contribution is 2.19. The van der Waals surface area contributed by atoms with E-state index in [1.54, 1.807) is 6.07 Å². The van der Waals surface area contributed by atoms with Crippen molar-refractivity contribution in [2.45, 2.75) is 31.4 Å². The maximum absolute atomic E-state index is 12.6. The number of aliphatic hydroxyl groups is 2. The fraction of sp³-hybridized carbons (Fsp3) is 0.538. The summed E-state index contributed by atoms with van der Waals surface area (Å²) >= 11 is 0. The molecule has 19 heavy (non-hydrogen) atoms. The van der Waals surface area contributed by atoms with Crippen LogP contribution in [0.5, 0.6) is 0 Å². The Morgan fingerprint density at radius 3 is 2.95 bits per heavy atom. The average Bonchev–Trinajstić information content (AvgIpc) is 2.79. The first kappa shape index (κ1) is 13.9. The first-order valence-corrected chi connectivity index (χ1v) is 6.30. The van der Waals surface area contributed by atoms with Gasteiger partial charge in [0.25, 0.3) is 0 Å². The van der Waals surface area contributed by atoms with Gasteiger partial charge in [-0.05, 0) is 24.5 Å². The summed E-state index contributed by atoms with van der Waals surface area (Å²) in [7, 11) is 0. The number of hydrogen-bond donors (Lipinski definition) is 2. The molecule has 6 heteroatoms. The Kier molecular flexibility index (Phi) is 4.44. The summed E-state index contributed by atoms with van der Waals surface area (Å²) < 4.78 is 12.6. The minimum absolute atomic E-state index is 0.111. The normalized spacial score (nSPS) is 22.8. The molecule has 1 aliphatic rings. The van der Waals surface area contributed by atoms with Crippen molar-refractivity contribution >= 4 is 5.91 Å². The van der Waals surface area contributed by atoms with Crippen LogP contribution in [0.4, 0.5) is 4.39 Å². The molecule has 104 valence electrons. The Balaban J connectivity index is 1.89. The number of aryl methyl sites for hydroxylation is 1. The lowest BCUT2D eigenvalue weighted by Gasteiger charge is -2.24. The van der Waals surface area contributed by atoms with E-state index >= 15 is 0 Å². The average molecular weight is 268 g/mol. The lowest BCUT2D eigenvalue weighted by atomic mass is 10.1.